The van der Waals surface area contributed by atoms with Gasteiger partial charge in [0.05, 0.1) is 0 Å². The summed E-state index contributed by atoms with van der Waals surface area (Å²) in [6, 6.07) is 0. The fourth-order valence-corrected chi connectivity index (χ4v) is 0.994. The average Bonchev–Trinajstić information content (AvgIpc) is 2.56. The lowest BCUT2D eigenvalue weighted by atomic mass is 10.1. The summed E-state index contributed by atoms with van der Waals surface area (Å²) in [5.74, 6) is 3.14. The highest BCUT2D eigenvalue weighted by Gasteiger charge is 2.07. The topological polar surface area (TPSA) is 48.9 Å². The fraction of sp³-hybridized carbons (Fsp3) is 0.444. The maximum atomic E-state index is 9.47. The van der Waals surface area contributed by atoms with Crippen molar-refractivity contribution in [3.05, 3.63) is 18.2 Å². The molecule has 0 bridgehead atoms. The van der Waals surface area contributed by atoms with Crippen LogP contribution in [0.5, 0.6) is 0 Å². The monoisotopic (exact) mass is 164 g/mol. The number of terminal acetylenes is 1. The number of unbranched alkanes of at least 4 members (excludes halogenated alkanes) is 1. The molecule has 0 aromatic carbocycles. The Morgan fingerprint density at radius 3 is 3.17 bits per heavy atom. The lowest BCUT2D eigenvalue weighted by molar-refractivity contribution is 0.156. The zero-order chi connectivity index (χ0) is 8.81. The maximum absolute atomic E-state index is 9.47. The normalized spacial score (nSPS) is 12.3. The molecule has 0 saturated carbocycles. The molecular formula is C9H12N2O. The van der Waals surface area contributed by atoms with Gasteiger partial charge in [0.1, 0.15) is 11.9 Å². The smallest absolute Gasteiger partial charge is 0.134 e. The molecule has 0 radical (unpaired) electrons. The molecular weight excluding hydrogens is 152 g/mol. The number of imidazole rings is 1. The number of H-pyrrole nitrogens is 1. The largest absolute Gasteiger partial charge is 0.385 e. The molecule has 1 atom stereocenters. The predicted octanol–water partition coefficient (Wildman–Crippen LogP) is 1.25. The highest BCUT2D eigenvalue weighted by Crippen LogP contribution is 2.14. The molecule has 0 fully saturated rings. The van der Waals surface area contributed by atoms with Crippen LogP contribution in [0.1, 0.15) is 31.2 Å². The van der Waals surface area contributed by atoms with Crippen LogP contribution in [0.25, 0.3) is 0 Å². The first-order valence-corrected chi connectivity index (χ1v) is 3.95. The number of aliphatic hydroxyl groups is 1. The third-order valence-electron chi connectivity index (χ3n) is 1.63. The molecule has 0 aliphatic carbocycles. The number of nitrogens with zero attached hydrogens (tertiary/aromatic N) is 1. The van der Waals surface area contributed by atoms with Crippen molar-refractivity contribution in [1.29, 1.82) is 0 Å². The van der Waals surface area contributed by atoms with E-state index in [1.165, 1.54) is 0 Å². The SMILES string of the molecule is C#CCCCC(O)c1ncc[nH]1. The Labute approximate surface area is 71.8 Å². The molecule has 2 N–H and O–H groups in total. The molecule has 0 saturated heterocycles. The third-order valence-corrected chi connectivity index (χ3v) is 1.63. The highest BCUT2D eigenvalue weighted by molar-refractivity contribution is 4.92. The van der Waals surface area contributed by atoms with E-state index in [-0.39, 0.29) is 0 Å². The van der Waals surface area contributed by atoms with Crippen molar-refractivity contribution in [3.8, 4) is 12.3 Å². The van der Waals surface area contributed by atoms with Gasteiger partial charge in [-0.25, -0.2) is 4.98 Å². The van der Waals surface area contributed by atoms with Crippen molar-refractivity contribution in [2.24, 2.45) is 0 Å². The van der Waals surface area contributed by atoms with E-state index >= 15 is 0 Å². The van der Waals surface area contributed by atoms with Gasteiger partial charge < -0.3 is 10.1 Å². The second kappa shape index (κ2) is 4.58. The highest BCUT2D eigenvalue weighted by atomic mass is 16.3. The van der Waals surface area contributed by atoms with Gasteiger partial charge in [-0.15, -0.1) is 12.3 Å². The quantitative estimate of drug-likeness (QED) is 0.519. The van der Waals surface area contributed by atoms with Crippen LogP contribution in [0, 0.1) is 12.3 Å². The Kier molecular flexibility index (Phi) is 3.36. The van der Waals surface area contributed by atoms with Gasteiger partial charge in [0, 0.05) is 18.8 Å². The van der Waals surface area contributed by atoms with Crippen LogP contribution in [0.3, 0.4) is 0 Å². The number of rotatable bonds is 4. The first-order chi connectivity index (χ1) is 5.84. The second-order valence-corrected chi connectivity index (χ2v) is 2.59. The van der Waals surface area contributed by atoms with Gasteiger partial charge in [0.2, 0.25) is 0 Å². The van der Waals surface area contributed by atoms with Gasteiger partial charge >= 0.3 is 0 Å². The summed E-state index contributed by atoms with van der Waals surface area (Å²) < 4.78 is 0. The van der Waals surface area contributed by atoms with E-state index in [0.717, 1.165) is 6.42 Å². The summed E-state index contributed by atoms with van der Waals surface area (Å²) in [4.78, 5) is 6.79. The van der Waals surface area contributed by atoms with Crippen LogP contribution in [0.2, 0.25) is 0 Å². The molecule has 0 aliphatic rings. The summed E-state index contributed by atoms with van der Waals surface area (Å²) in [5.41, 5.74) is 0. The summed E-state index contributed by atoms with van der Waals surface area (Å²) in [7, 11) is 0. The van der Waals surface area contributed by atoms with E-state index in [1.807, 2.05) is 0 Å². The fourth-order valence-electron chi connectivity index (χ4n) is 0.994. The lowest BCUT2D eigenvalue weighted by Crippen LogP contribution is -1.99. The Morgan fingerprint density at radius 2 is 2.58 bits per heavy atom. The second-order valence-electron chi connectivity index (χ2n) is 2.59. The number of aromatic nitrogens is 2. The molecule has 1 heterocycles. The lowest BCUT2D eigenvalue weighted by Gasteiger charge is -2.04. The van der Waals surface area contributed by atoms with Gasteiger partial charge in [-0.3, -0.25) is 0 Å². The van der Waals surface area contributed by atoms with Crippen LogP contribution in [-0.4, -0.2) is 15.1 Å². The van der Waals surface area contributed by atoms with Crippen LogP contribution in [0.15, 0.2) is 12.4 Å². The third kappa shape index (κ3) is 2.40. The number of aromatic amines is 1. The first kappa shape index (κ1) is 8.82. The van der Waals surface area contributed by atoms with Gasteiger partial charge in [0.15, 0.2) is 0 Å². The molecule has 1 rings (SSSR count). The molecule has 0 amide bonds. The van der Waals surface area contributed by atoms with Crippen LogP contribution < -0.4 is 0 Å². The van der Waals surface area contributed by atoms with Crippen molar-refractivity contribution >= 4 is 0 Å². The van der Waals surface area contributed by atoms with Crippen molar-refractivity contribution in [2.45, 2.75) is 25.4 Å². The molecule has 12 heavy (non-hydrogen) atoms. The van der Waals surface area contributed by atoms with E-state index in [2.05, 4.69) is 15.9 Å². The zero-order valence-corrected chi connectivity index (χ0v) is 6.83. The minimum atomic E-state index is -0.506. The summed E-state index contributed by atoms with van der Waals surface area (Å²) >= 11 is 0. The van der Waals surface area contributed by atoms with Crippen molar-refractivity contribution in [3.63, 3.8) is 0 Å². The van der Waals surface area contributed by atoms with Crippen molar-refractivity contribution < 1.29 is 5.11 Å². The molecule has 1 aromatic rings. The Morgan fingerprint density at radius 1 is 1.75 bits per heavy atom. The molecule has 1 unspecified atom stereocenters. The maximum Gasteiger partial charge on any atom is 0.134 e. The molecule has 3 heteroatoms. The van der Waals surface area contributed by atoms with Gasteiger partial charge in [0.25, 0.3) is 0 Å². The summed E-state index contributed by atoms with van der Waals surface area (Å²) in [6.07, 6.45) is 10.1. The van der Waals surface area contributed by atoms with Gasteiger partial charge in [-0.1, -0.05) is 0 Å². The Balaban J connectivity index is 2.30. The standard InChI is InChI=1S/C9H12N2O/c1-2-3-4-5-8(12)9-10-6-7-11-9/h1,6-8,12H,3-5H2,(H,10,11). The van der Waals surface area contributed by atoms with E-state index < -0.39 is 6.10 Å². The molecule has 0 spiro atoms. The van der Waals surface area contributed by atoms with Crippen molar-refractivity contribution in [2.75, 3.05) is 0 Å². The van der Waals surface area contributed by atoms with E-state index in [4.69, 9.17) is 6.42 Å². The van der Waals surface area contributed by atoms with E-state index in [1.54, 1.807) is 12.4 Å². The Bertz CT molecular complexity index is 248. The summed E-state index contributed by atoms with van der Waals surface area (Å²) in [6.45, 7) is 0. The molecule has 3 nitrogen and oxygen atoms in total. The number of aliphatic hydroxyl groups excluding tert-OH is 1. The van der Waals surface area contributed by atoms with Gasteiger partial charge in [-0.05, 0) is 12.8 Å². The molecule has 0 aliphatic heterocycles. The first-order valence-electron chi connectivity index (χ1n) is 3.95. The van der Waals surface area contributed by atoms with E-state index in [0.29, 0.717) is 18.7 Å². The number of hydrogen-bond acceptors (Lipinski definition) is 2. The average molecular weight is 164 g/mol. The van der Waals surface area contributed by atoms with Crippen LogP contribution in [-0.2, 0) is 0 Å². The molecule has 1 aromatic heterocycles. The minimum absolute atomic E-state index is 0.506. The van der Waals surface area contributed by atoms with Gasteiger partial charge in [-0.2, -0.15) is 0 Å². The Hall–Kier alpha value is -1.27. The molecule has 64 valence electrons. The zero-order valence-electron chi connectivity index (χ0n) is 6.83. The van der Waals surface area contributed by atoms with E-state index in [9.17, 15) is 5.11 Å². The minimum Gasteiger partial charge on any atom is -0.385 e. The number of nitrogens with one attached hydrogen (secondary N) is 1. The predicted molar refractivity (Wildman–Crippen MR) is 46.2 cm³/mol. The number of hydrogen-bond donors (Lipinski definition) is 2. The van der Waals surface area contributed by atoms with Crippen molar-refractivity contribution in [1.82, 2.24) is 9.97 Å². The summed E-state index contributed by atoms with van der Waals surface area (Å²) in [5, 5.41) is 9.47. The van der Waals surface area contributed by atoms with Crippen LogP contribution in [0.4, 0.5) is 0 Å². The van der Waals surface area contributed by atoms with Crippen LogP contribution >= 0.6 is 0 Å².